The zero-order chi connectivity index (χ0) is 13.8. The number of hydrogen-bond acceptors (Lipinski definition) is 3. The summed E-state index contributed by atoms with van der Waals surface area (Å²) >= 11 is 0. The average molecular weight is 275 g/mol. The summed E-state index contributed by atoms with van der Waals surface area (Å²) < 4.78 is 22.5. The highest BCUT2D eigenvalue weighted by Crippen LogP contribution is 2.21. The van der Waals surface area contributed by atoms with Crippen LogP contribution in [0.5, 0.6) is 0 Å². The molecular formula is C13H25NO3S. The van der Waals surface area contributed by atoms with Crippen LogP contribution >= 0.6 is 0 Å². The van der Waals surface area contributed by atoms with Crippen molar-refractivity contribution in [2.45, 2.75) is 39.5 Å². The van der Waals surface area contributed by atoms with Gasteiger partial charge in [-0.15, -0.1) is 0 Å². The fraction of sp³-hybridized carbons (Fsp3) is 0.923. The van der Waals surface area contributed by atoms with Crippen molar-refractivity contribution in [3.05, 3.63) is 0 Å². The lowest BCUT2D eigenvalue weighted by atomic mass is 9.96. The van der Waals surface area contributed by atoms with E-state index in [1.54, 1.807) is 0 Å². The average Bonchev–Trinajstić information content (AvgIpc) is 2.29. The molecule has 1 fully saturated rings. The molecule has 0 N–H and O–H groups in total. The third-order valence-corrected chi connectivity index (χ3v) is 4.88. The van der Waals surface area contributed by atoms with Crippen LogP contribution in [0.1, 0.15) is 39.5 Å². The van der Waals surface area contributed by atoms with Gasteiger partial charge in [0.05, 0.1) is 5.75 Å². The topological polar surface area (TPSA) is 54.5 Å². The summed E-state index contributed by atoms with van der Waals surface area (Å²) in [5.41, 5.74) is 0. The Hall–Kier alpha value is -0.580. The van der Waals surface area contributed by atoms with Gasteiger partial charge in [0, 0.05) is 25.3 Å². The minimum atomic E-state index is -2.89. The molecule has 1 saturated heterocycles. The molecule has 0 spiro atoms. The number of nitrogens with zero attached hydrogens (tertiary/aromatic N) is 1. The molecule has 1 aliphatic heterocycles. The molecule has 0 saturated carbocycles. The molecule has 1 rings (SSSR count). The standard InChI is InChI=1S/C13H25NO3S/c1-4-12(5-2)13(15)14-8-6-11(7-9-14)10-18(3,16)17/h11-12H,4-10H2,1-3H3. The van der Waals surface area contributed by atoms with Gasteiger partial charge in [0.25, 0.3) is 0 Å². The number of rotatable bonds is 5. The van der Waals surface area contributed by atoms with Crippen LogP contribution in [-0.2, 0) is 14.6 Å². The van der Waals surface area contributed by atoms with Gasteiger partial charge in [0.15, 0.2) is 0 Å². The van der Waals surface area contributed by atoms with E-state index in [9.17, 15) is 13.2 Å². The number of hydrogen-bond donors (Lipinski definition) is 0. The second-order valence-electron chi connectivity index (χ2n) is 5.37. The Labute approximate surface area is 111 Å². The molecule has 106 valence electrons. The summed E-state index contributed by atoms with van der Waals surface area (Å²) in [5, 5.41) is 0. The largest absolute Gasteiger partial charge is 0.342 e. The van der Waals surface area contributed by atoms with Crippen LogP contribution in [0.15, 0.2) is 0 Å². The maximum Gasteiger partial charge on any atom is 0.225 e. The number of likely N-dealkylation sites (tertiary alicyclic amines) is 1. The molecular weight excluding hydrogens is 250 g/mol. The van der Waals surface area contributed by atoms with Crippen LogP contribution in [-0.4, -0.2) is 44.3 Å². The van der Waals surface area contributed by atoms with Gasteiger partial charge in [0.1, 0.15) is 9.84 Å². The lowest BCUT2D eigenvalue weighted by Crippen LogP contribution is -2.42. The van der Waals surface area contributed by atoms with Crippen molar-refractivity contribution in [1.82, 2.24) is 4.90 Å². The van der Waals surface area contributed by atoms with Crippen molar-refractivity contribution < 1.29 is 13.2 Å². The molecule has 0 aromatic heterocycles. The smallest absolute Gasteiger partial charge is 0.225 e. The lowest BCUT2D eigenvalue weighted by molar-refractivity contribution is -0.137. The van der Waals surface area contributed by atoms with Crippen LogP contribution in [0.25, 0.3) is 0 Å². The van der Waals surface area contributed by atoms with Crippen LogP contribution in [0.3, 0.4) is 0 Å². The van der Waals surface area contributed by atoms with E-state index < -0.39 is 9.84 Å². The molecule has 0 aromatic carbocycles. The van der Waals surface area contributed by atoms with E-state index in [1.165, 1.54) is 6.26 Å². The first-order valence-corrected chi connectivity index (χ1v) is 8.90. The van der Waals surface area contributed by atoms with Crippen molar-refractivity contribution >= 4 is 15.7 Å². The van der Waals surface area contributed by atoms with Gasteiger partial charge in [-0.2, -0.15) is 0 Å². The Kier molecular flexibility index (Phi) is 5.63. The molecule has 0 bridgehead atoms. The minimum absolute atomic E-state index is 0.136. The minimum Gasteiger partial charge on any atom is -0.342 e. The Bertz CT molecular complexity index is 366. The van der Waals surface area contributed by atoms with Gasteiger partial charge in [-0.3, -0.25) is 4.79 Å². The molecule has 18 heavy (non-hydrogen) atoms. The van der Waals surface area contributed by atoms with Gasteiger partial charge in [0.2, 0.25) is 5.91 Å². The van der Waals surface area contributed by atoms with Gasteiger partial charge in [-0.25, -0.2) is 8.42 Å². The number of sulfone groups is 1. The molecule has 4 nitrogen and oxygen atoms in total. The summed E-state index contributed by atoms with van der Waals surface area (Å²) in [6.45, 7) is 5.52. The van der Waals surface area contributed by atoms with Crippen molar-refractivity contribution in [2.24, 2.45) is 11.8 Å². The molecule has 1 amide bonds. The third-order valence-electron chi connectivity index (χ3n) is 3.80. The Morgan fingerprint density at radius 1 is 1.22 bits per heavy atom. The quantitative estimate of drug-likeness (QED) is 0.767. The normalized spacial score (nSPS) is 18.3. The maximum absolute atomic E-state index is 12.2. The van der Waals surface area contributed by atoms with E-state index in [-0.39, 0.29) is 23.5 Å². The zero-order valence-corrected chi connectivity index (χ0v) is 12.5. The highest BCUT2D eigenvalue weighted by atomic mass is 32.2. The first-order valence-electron chi connectivity index (χ1n) is 6.83. The van der Waals surface area contributed by atoms with Gasteiger partial charge in [-0.05, 0) is 31.6 Å². The van der Waals surface area contributed by atoms with Gasteiger partial charge in [-0.1, -0.05) is 13.8 Å². The molecule has 0 atom stereocenters. The van der Waals surface area contributed by atoms with E-state index >= 15 is 0 Å². The van der Waals surface area contributed by atoms with Crippen molar-refractivity contribution in [3.8, 4) is 0 Å². The van der Waals surface area contributed by atoms with Gasteiger partial charge < -0.3 is 4.90 Å². The van der Waals surface area contributed by atoms with Crippen molar-refractivity contribution in [2.75, 3.05) is 25.1 Å². The Balaban J connectivity index is 2.46. The summed E-state index contributed by atoms with van der Waals surface area (Å²) in [6, 6.07) is 0. The third kappa shape index (κ3) is 4.59. The second-order valence-corrected chi connectivity index (χ2v) is 7.56. The summed E-state index contributed by atoms with van der Waals surface area (Å²) in [4.78, 5) is 14.1. The molecule has 1 aliphatic rings. The van der Waals surface area contributed by atoms with Crippen LogP contribution in [0.4, 0.5) is 0 Å². The summed E-state index contributed by atoms with van der Waals surface area (Å²) in [6.07, 6.45) is 4.70. The Morgan fingerprint density at radius 3 is 2.11 bits per heavy atom. The van der Waals surface area contributed by atoms with E-state index in [2.05, 4.69) is 0 Å². The van der Waals surface area contributed by atoms with E-state index in [0.717, 1.165) is 38.8 Å². The Morgan fingerprint density at radius 2 is 1.72 bits per heavy atom. The van der Waals surface area contributed by atoms with E-state index in [4.69, 9.17) is 0 Å². The number of carbonyl (C=O) groups excluding carboxylic acids is 1. The summed E-state index contributed by atoms with van der Waals surface area (Å²) in [5.74, 6) is 0.875. The molecule has 5 heteroatoms. The fourth-order valence-electron chi connectivity index (χ4n) is 2.64. The summed E-state index contributed by atoms with van der Waals surface area (Å²) in [7, 11) is -2.89. The molecule has 0 radical (unpaired) electrons. The number of carbonyl (C=O) groups is 1. The molecule has 1 heterocycles. The fourth-order valence-corrected chi connectivity index (χ4v) is 3.83. The van der Waals surface area contributed by atoms with E-state index in [1.807, 2.05) is 18.7 Å². The monoisotopic (exact) mass is 275 g/mol. The zero-order valence-electron chi connectivity index (χ0n) is 11.7. The number of amides is 1. The highest BCUT2D eigenvalue weighted by molar-refractivity contribution is 7.90. The first-order chi connectivity index (χ1) is 8.37. The molecule has 0 unspecified atom stereocenters. The van der Waals surface area contributed by atoms with Crippen molar-refractivity contribution in [3.63, 3.8) is 0 Å². The van der Waals surface area contributed by atoms with E-state index in [0.29, 0.717) is 0 Å². The maximum atomic E-state index is 12.2. The lowest BCUT2D eigenvalue weighted by Gasteiger charge is -2.33. The first kappa shape index (κ1) is 15.5. The predicted octanol–water partition coefficient (Wildman–Crippen LogP) is 1.71. The molecule has 0 aliphatic carbocycles. The van der Waals surface area contributed by atoms with Crippen LogP contribution in [0.2, 0.25) is 0 Å². The van der Waals surface area contributed by atoms with Crippen LogP contribution in [0, 0.1) is 11.8 Å². The van der Waals surface area contributed by atoms with Gasteiger partial charge >= 0.3 is 0 Å². The predicted molar refractivity (Wildman–Crippen MR) is 73.1 cm³/mol. The number of piperidine rings is 1. The molecule has 0 aromatic rings. The highest BCUT2D eigenvalue weighted by Gasteiger charge is 2.27. The second kappa shape index (κ2) is 6.55. The SMILES string of the molecule is CCC(CC)C(=O)N1CCC(CS(C)(=O)=O)CC1. The van der Waals surface area contributed by atoms with Crippen LogP contribution < -0.4 is 0 Å². The van der Waals surface area contributed by atoms with Crippen molar-refractivity contribution in [1.29, 1.82) is 0 Å².